The standard InChI is InChI=1S/C19H30O3/c1-17-7-6-14-12(13(17)2-3-15(17)21)5-8-18-10-11(20)4-9-19(14,18)16(18)22/h11-16,20-22H,2-10H2,1H3/t11-,12-,13-,14-,15-,16-,17-,18-,19-/m0/s1. The molecule has 22 heavy (non-hydrogen) atoms. The second kappa shape index (κ2) is 4.10. The highest BCUT2D eigenvalue weighted by Gasteiger charge is 2.82. The van der Waals surface area contributed by atoms with Crippen LogP contribution in [-0.4, -0.2) is 33.6 Å². The van der Waals surface area contributed by atoms with Gasteiger partial charge in [0.2, 0.25) is 0 Å². The summed E-state index contributed by atoms with van der Waals surface area (Å²) in [6, 6.07) is 0. The van der Waals surface area contributed by atoms with E-state index < -0.39 is 0 Å². The number of hydrogen-bond donors (Lipinski definition) is 3. The second-order valence-electron chi connectivity index (χ2n) is 9.55. The van der Waals surface area contributed by atoms with Crippen LogP contribution in [0.5, 0.6) is 0 Å². The summed E-state index contributed by atoms with van der Waals surface area (Å²) in [5, 5.41) is 31.5. The molecule has 5 rings (SSSR count). The van der Waals surface area contributed by atoms with Gasteiger partial charge in [0.25, 0.3) is 0 Å². The maximum Gasteiger partial charge on any atom is 0.0669 e. The SMILES string of the molecule is C[C@]12CC[C@H]3[C@@H](CC[C@@]45C[C@@H](O)CC[C@@]34[C@H]5O)[C@@H]1CC[C@@H]2O. The lowest BCUT2D eigenvalue weighted by atomic mass is 9.50. The molecule has 3 nitrogen and oxygen atoms in total. The highest BCUT2D eigenvalue weighted by molar-refractivity contribution is 5.30. The Labute approximate surface area is 133 Å². The van der Waals surface area contributed by atoms with Gasteiger partial charge in [0.05, 0.1) is 18.3 Å². The Morgan fingerprint density at radius 2 is 1.64 bits per heavy atom. The first kappa shape index (κ1) is 14.2. The van der Waals surface area contributed by atoms with Gasteiger partial charge in [0.15, 0.2) is 0 Å². The quantitative estimate of drug-likeness (QED) is 0.644. The summed E-state index contributed by atoms with van der Waals surface area (Å²) in [4.78, 5) is 0. The van der Waals surface area contributed by atoms with Crippen molar-refractivity contribution in [3.63, 3.8) is 0 Å². The van der Waals surface area contributed by atoms with E-state index in [-0.39, 0.29) is 34.6 Å². The third kappa shape index (κ3) is 1.33. The van der Waals surface area contributed by atoms with Crippen LogP contribution < -0.4 is 0 Å². The molecular formula is C19H30O3. The minimum absolute atomic E-state index is 0.0524. The fourth-order valence-electron chi connectivity index (χ4n) is 8.24. The van der Waals surface area contributed by atoms with E-state index in [9.17, 15) is 15.3 Å². The van der Waals surface area contributed by atoms with Gasteiger partial charge in [-0.15, -0.1) is 0 Å². The Morgan fingerprint density at radius 1 is 0.818 bits per heavy atom. The number of fused-ring (bicyclic) bond motifs is 3. The third-order valence-corrected chi connectivity index (χ3v) is 9.32. The van der Waals surface area contributed by atoms with Crippen molar-refractivity contribution in [1.29, 1.82) is 0 Å². The molecule has 9 atom stereocenters. The van der Waals surface area contributed by atoms with E-state index in [4.69, 9.17) is 0 Å². The number of rotatable bonds is 0. The maximum absolute atomic E-state index is 10.9. The van der Waals surface area contributed by atoms with Crippen molar-refractivity contribution in [1.82, 2.24) is 0 Å². The predicted molar refractivity (Wildman–Crippen MR) is 83.0 cm³/mol. The van der Waals surface area contributed by atoms with Gasteiger partial charge >= 0.3 is 0 Å². The summed E-state index contributed by atoms with van der Waals surface area (Å²) in [6.07, 6.45) is 9.07. The van der Waals surface area contributed by atoms with Gasteiger partial charge in [-0.25, -0.2) is 0 Å². The molecule has 0 aliphatic heterocycles. The van der Waals surface area contributed by atoms with E-state index in [0.717, 1.165) is 38.5 Å². The van der Waals surface area contributed by atoms with Gasteiger partial charge in [-0.05, 0) is 81.0 Å². The second-order valence-corrected chi connectivity index (χ2v) is 9.55. The lowest BCUT2D eigenvalue weighted by Gasteiger charge is -2.55. The van der Waals surface area contributed by atoms with Crippen molar-refractivity contribution in [2.75, 3.05) is 0 Å². The lowest BCUT2D eigenvalue weighted by Crippen LogP contribution is -2.50. The van der Waals surface area contributed by atoms with Crippen LogP contribution >= 0.6 is 0 Å². The van der Waals surface area contributed by atoms with Crippen LogP contribution in [0.4, 0.5) is 0 Å². The summed E-state index contributed by atoms with van der Waals surface area (Å²) in [5.41, 5.74) is 0.312. The van der Waals surface area contributed by atoms with Crippen molar-refractivity contribution in [3.8, 4) is 0 Å². The van der Waals surface area contributed by atoms with Crippen molar-refractivity contribution in [2.24, 2.45) is 34.0 Å². The molecule has 0 spiro atoms. The minimum Gasteiger partial charge on any atom is -0.393 e. The first-order valence-electron chi connectivity index (χ1n) is 9.50. The Morgan fingerprint density at radius 3 is 2.45 bits per heavy atom. The molecule has 5 fully saturated rings. The molecule has 0 bridgehead atoms. The molecule has 0 amide bonds. The van der Waals surface area contributed by atoms with Gasteiger partial charge in [-0.2, -0.15) is 0 Å². The van der Waals surface area contributed by atoms with Gasteiger partial charge in [-0.3, -0.25) is 0 Å². The monoisotopic (exact) mass is 306 g/mol. The van der Waals surface area contributed by atoms with E-state index in [2.05, 4.69) is 6.92 Å². The zero-order valence-corrected chi connectivity index (χ0v) is 13.7. The molecule has 3 heteroatoms. The highest BCUT2D eigenvalue weighted by atomic mass is 16.3. The molecule has 0 saturated heterocycles. The van der Waals surface area contributed by atoms with E-state index in [1.165, 1.54) is 19.3 Å². The van der Waals surface area contributed by atoms with Gasteiger partial charge in [-0.1, -0.05) is 6.92 Å². The van der Waals surface area contributed by atoms with Crippen LogP contribution in [0.15, 0.2) is 0 Å². The summed E-state index contributed by atoms with van der Waals surface area (Å²) in [7, 11) is 0. The fraction of sp³-hybridized carbons (Fsp3) is 1.00. The van der Waals surface area contributed by atoms with Gasteiger partial charge in [0, 0.05) is 10.8 Å². The average molecular weight is 306 g/mol. The molecule has 5 aliphatic carbocycles. The maximum atomic E-state index is 10.9. The zero-order valence-electron chi connectivity index (χ0n) is 13.7. The van der Waals surface area contributed by atoms with Crippen molar-refractivity contribution >= 4 is 0 Å². The normalized spacial score (nSPS) is 66.0. The summed E-state index contributed by atoms with van der Waals surface area (Å²) < 4.78 is 0. The molecule has 3 N–H and O–H groups in total. The topological polar surface area (TPSA) is 60.7 Å². The summed E-state index contributed by atoms with van der Waals surface area (Å²) >= 11 is 0. The molecule has 124 valence electrons. The molecule has 0 unspecified atom stereocenters. The Hall–Kier alpha value is -0.120. The number of aliphatic hydroxyl groups excluding tert-OH is 3. The zero-order chi connectivity index (χ0) is 15.3. The summed E-state index contributed by atoms with van der Waals surface area (Å²) in [6.45, 7) is 2.32. The minimum atomic E-state index is -0.191. The summed E-state index contributed by atoms with van der Waals surface area (Å²) in [5.74, 6) is 2.01. The van der Waals surface area contributed by atoms with E-state index in [0.29, 0.717) is 17.8 Å². The van der Waals surface area contributed by atoms with E-state index >= 15 is 0 Å². The highest BCUT2D eigenvalue weighted by Crippen LogP contribution is 2.82. The molecule has 0 aromatic rings. The Balaban J connectivity index is 1.51. The van der Waals surface area contributed by atoms with E-state index in [1.807, 2.05) is 0 Å². The van der Waals surface area contributed by atoms with Crippen LogP contribution in [0, 0.1) is 34.0 Å². The van der Waals surface area contributed by atoms with Crippen molar-refractivity contribution < 1.29 is 15.3 Å². The molecule has 0 aromatic heterocycles. The molecule has 5 saturated carbocycles. The van der Waals surface area contributed by atoms with Crippen molar-refractivity contribution in [3.05, 3.63) is 0 Å². The van der Waals surface area contributed by atoms with Crippen molar-refractivity contribution in [2.45, 2.75) is 83.0 Å². The molecule has 0 heterocycles. The van der Waals surface area contributed by atoms with Crippen LogP contribution in [0.3, 0.4) is 0 Å². The Bertz CT molecular complexity index is 507. The van der Waals surface area contributed by atoms with Crippen LogP contribution in [0.25, 0.3) is 0 Å². The largest absolute Gasteiger partial charge is 0.393 e. The van der Waals surface area contributed by atoms with Gasteiger partial charge < -0.3 is 15.3 Å². The van der Waals surface area contributed by atoms with Crippen LogP contribution in [0.1, 0.15) is 64.7 Å². The molecular weight excluding hydrogens is 276 g/mol. The van der Waals surface area contributed by atoms with Crippen LogP contribution in [-0.2, 0) is 0 Å². The number of hydrogen-bond acceptors (Lipinski definition) is 3. The molecule has 0 aromatic carbocycles. The first-order chi connectivity index (χ1) is 10.5. The van der Waals surface area contributed by atoms with Crippen LogP contribution in [0.2, 0.25) is 0 Å². The smallest absolute Gasteiger partial charge is 0.0669 e. The number of aliphatic hydroxyl groups is 3. The predicted octanol–water partition coefficient (Wildman–Crippen LogP) is 2.48. The van der Waals surface area contributed by atoms with Gasteiger partial charge in [0.1, 0.15) is 0 Å². The molecule has 5 aliphatic rings. The Kier molecular flexibility index (Phi) is 2.65. The fourth-order valence-corrected chi connectivity index (χ4v) is 8.24. The molecule has 0 radical (unpaired) electrons. The lowest BCUT2D eigenvalue weighted by molar-refractivity contribution is -0.0935. The first-order valence-corrected chi connectivity index (χ1v) is 9.50. The third-order valence-electron chi connectivity index (χ3n) is 9.32. The van der Waals surface area contributed by atoms with E-state index in [1.54, 1.807) is 0 Å². The average Bonchev–Trinajstić information content (AvgIpc) is 2.89.